The first-order valence-corrected chi connectivity index (χ1v) is 9.28. The number of hydrogen-bond acceptors (Lipinski definition) is 4. The van der Waals surface area contributed by atoms with Gasteiger partial charge in [0.25, 0.3) is 5.91 Å². The molecule has 0 spiro atoms. The Balaban J connectivity index is 1.74. The number of carbonyl (C=O) groups is 3. The highest BCUT2D eigenvalue weighted by Gasteiger charge is 2.13. The fourth-order valence-electron chi connectivity index (χ4n) is 2.31. The molecule has 2 aromatic carbocycles. The van der Waals surface area contributed by atoms with Crippen molar-refractivity contribution in [3.05, 3.63) is 57.6 Å². The molecule has 0 bridgehead atoms. The summed E-state index contributed by atoms with van der Waals surface area (Å²) >= 11 is 11.8. The zero-order valence-electron chi connectivity index (χ0n) is 15.5. The second-order valence-electron chi connectivity index (χ2n) is 6.13. The number of aryl methyl sites for hydroxylation is 1. The zero-order chi connectivity index (χ0) is 20.7. The molecule has 0 aliphatic rings. The van der Waals surface area contributed by atoms with Gasteiger partial charge >= 0.3 is 5.97 Å². The Labute approximate surface area is 173 Å². The zero-order valence-corrected chi connectivity index (χ0v) is 17.0. The largest absolute Gasteiger partial charge is 0.456 e. The van der Waals surface area contributed by atoms with Crippen LogP contribution in [0.1, 0.15) is 24.0 Å². The van der Waals surface area contributed by atoms with Gasteiger partial charge in [0.1, 0.15) is 0 Å². The fraction of sp³-hybridized carbons (Fsp3) is 0.250. The van der Waals surface area contributed by atoms with Crippen molar-refractivity contribution < 1.29 is 19.1 Å². The average Bonchev–Trinajstić information content (AvgIpc) is 2.64. The van der Waals surface area contributed by atoms with Crippen LogP contribution in [0.2, 0.25) is 10.0 Å². The molecule has 2 N–H and O–H groups in total. The lowest BCUT2D eigenvalue weighted by Gasteiger charge is -2.11. The lowest BCUT2D eigenvalue weighted by atomic mass is 10.1. The van der Waals surface area contributed by atoms with Gasteiger partial charge in [-0.3, -0.25) is 14.4 Å². The van der Waals surface area contributed by atoms with Gasteiger partial charge in [-0.05, 0) is 49.2 Å². The summed E-state index contributed by atoms with van der Waals surface area (Å²) in [5.41, 5.74) is 3.05. The average molecular weight is 423 g/mol. The second-order valence-corrected chi connectivity index (χ2v) is 6.97. The summed E-state index contributed by atoms with van der Waals surface area (Å²) in [5.74, 6) is -1.49. The van der Waals surface area contributed by atoms with Gasteiger partial charge in [-0.2, -0.15) is 0 Å². The number of esters is 1. The maximum absolute atomic E-state index is 11.9. The monoisotopic (exact) mass is 422 g/mol. The molecule has 0 aliphatic heterocycles. The molecule has 2 rings (SSSR count). The highest BCUT2D eigenvalue weighted by atomic mass is 35.5. The predicted molar refractivity (Wildman–Crippen MR) is 110 cm³/mol. The first-order chi connectivity index (χ1) is 13.3. The molecule has 6 nitrogen and oxygen atoms in total. The molecule has 0 aliphatic carbocycles. The van der Waals surface area contributed by atoms with Crippen LogP contribution in [0.25, 0.3) is 0 Å². The first kappa shape index (κ1) is 21.7. The molecule has 0 saturated heterocycles. The highest BCUT2D eigenvalue weighted by Crippen LogP contribution is 2.25. The molecule has 0 atom stereocenters. The van der Waals surface area contributed by atoms with E-state index in [1.807, 2.05) is 26.0 Å². The minimum atomic E-state index is -0.645. The minimum Gasteiger partial charge on any atom is -0.456 e. The van der Waals surface area contributed by atoms with Gasteiger partial charge in [0, 0.05) is 17.1 Å². The molecule has 0 unspecified atom stereocenters. The van der Waals surface area contributed by atoms with Gasteiger partial charge in [-0.15, -0.1) is 0 Å². The molecule has 0 radical (unpaired) electrons. The molecule has 28 heavy (non-hydrogen) atoms. The van der Waals surface area contributed by atoms with E-state index in [1.54, 1.807) is 18.2 Å². The van der Waals surface area contributed by atoms with Crippen LogP contribution in [0.3, 0.4) is 0 Å². The molecule has 0 fully saturated rings. The van der Waals surface area contributed by atoms with Crippen LogP contribution < -0.4 is 10.6 Å². The van der Waals surface area contributed by atoms with Crippen molar-refractivity contribution in [3.63, 3.8) is 0 Å². The van der Waals surface area contributed by atoms with E-state index in [4.69, 9.17) is 27.9 Å². The van der Waals surface area contributed by atoms with E-state index in [9.17, 15) is 14.4 Å². The number of carbonyl (C=O) groups excluding carboxylic acids is 3. The molecule has 0 saturated carbocycles. The van der Waals surface area contributed by atoms with Crippen molar-refractivity contribution in [2.24, 2.45) is 0 Å². The number of anilines is 2. The van der Waals surface area contributed by atoms with Crippen LogP contribution in [0.5, 0.6) is 0 Å². The lowest BCUT2D eigenvalue weighted by molar-refractivity contribution is -0.147. The molecule has 2 amide bonds. The number of nitrogens with one attached hydrogen (secondary N) is 2. The summed E-state index contributed by atoms with van der Waals surface area (Å²) in [7, 11) is 0. The summed E-state index contributed by atoms with van der Waals surface area (Å²) in [6.45, 7) is 3.41. The van der Waals surface area contributed by atoms with Crippen molar-refractivity contribution in [2.45, 2.75) is 26.7 Å². The third-order valence-corrected chi connectivity index (χ3v) is 4.55. The number of rotatable bonds is 7. The second kappa shape index (κ2) is 10.1. The Morgan fingerprint density at radius 2 is 1.64 bits per heavy atom. The minimum absolute atomic E-state index is 0.101. The number of ether oxygens (including phenoxy) is 1. The highest BCUT2D eigenvalue weighted by molar-refractivity contribution is 6.36. The number of benzene rings is 2. The first-order valence-electron chi connectivity index (χ1n) is 8.53. The summed E-state index contributed by atoms with van der Waals surface area (Å²) in [6, 6.07) is 10.2. The summed E-state index contributed by atoms with van der Waals surface area (Å²) in [5, 5.41) is 6.03. The SMILES string of the molecule is Cc1cccc(NC(=O)COC(=O)CCC(=O)Nc2ccc(Cl)cc2Cl)c1C. The van der Waals surface area contributed by atoms with Crippen LogP contribution in [0, 0.1) is 13.8 Å². The third-order valence-electron chi connectivity index (χ3n) is 4.00. The van der Waals surface area contributed by atoms with Gasteiger partial charge in [0.05, 0.1) is 17.1 Å². The van der Waals surface area contributed by atoms with Gasteiger partial charge in [-0.1, -0.05) is 35.3 Å². The molecule has 0 aromatic heterocycles. The quantitative estimate of drug-likeness (QED) is 0.642. The number of amides is 2. The van der Waals surface area contributed by atoms with Crippen LogP contribution in [0.4, 0.5) is 11.4 Å². The lowest BCUT2D eigenvalue weighted by Crippen LogP contribution is -2.22. The van der Waals surface area contributed by atoms with E-state index in [0.29, 0.717) is 21.4 Å². The van der Waals surface area contributed by atoms with E-state index in [-0.39, 0.29) is 12.8 Å². The molecular weight excluding hydrogens is 403 g/mol. The molecule has 148 valence electrons. The fourth-order valence-corrected chi connectivity index (χ4v) is 2.77. The molecule has 2 aromatic rings. The number of hydrogen-bond donors (Lipinski definition) is 2. The third kappa shape index (κ3) is 6.55. The predicted octanol–water partition coefficient (Wildman–Crippen LogP) is 4.51. The van der Waals surface area contributed by atoms with Gasteiger partial charge in [0.15, 0.2) is 6.61 Å². The topological polar surface area (TPSA) is 84.5 Å². The van der Waals surface area contributed by atoms with E-state index < -0.39 is 24.4 Å². The van der Waals surface area contributed by atoms with Crippen molar-refractivity contribution in [3.8, 4) is 0 Å². The smallest absolute Gasteiger partial charge is 0.306 e. The van der Waals surface area contributed by atoms with Crippen LogP contribution in [-0.4, -0.2) is 24.4 Å². The Morgan fingerprint density at radius 3 is 2.36 bits per heavy atom. The van der Waals surface area contributed by atoms with Gasteiger partial charge in [0.2, 0.25) is 5.91 Å². The summed E-state index contributed by atoms with van der Waals surface area (Å²) < 4.78 is 4.91. The normalized spacial score (nSPS) is 10.3. The van der Waals surface area contributed by atoms with E-state index in [2.05, 4.69) is 10.6 Å². The standard InChI is InChI=1S/C20H20Cl2N2O4/c1-12-4-3-5-16(13(12)2)23-19(26)11-28-20(27)9-8-18(25)24-17-7-6-14(21)10-15(17)22/h3-7,10H,8-9,11H2,1-2H3,(H,23,26)(H,24,25). The Bertz CT molecular complexity index is 900. The number of halogens is 2. The van der Waals surface area contributed by atoms with E-state index in [0.717, 1.165) is 11.1 Å². The van der Waals surface area contributed by atoms with Crippen LogP contribution in [-0.2, 0) is 19.1 Å². The van der Waals surface area contributed by atoms with Crippen molar-refractivity contribution in [1.82, 2.24) is 0 Å². The van der Waals surface area contributed by atoms with Crippen molar-refractivity contribution in [1.29, 1.82) is 0 Å². The van der Waals surface area contributed by atoms with E-state index >= 15 is 0 Å². The molecule has 0 heterocycles. The molecule has 8 heteroatoms. The summed E-state index contributed by atoms with van der Waals surface area (Å²) in [4.78, 5) is 35.6. The summed E-state index contributed by atoms with van der Waals surface area (Å²) in [6.07, 6.45) is -0.260. The maximum Gasteiger partial charge on any atom is 0.306 e. The van der Waals surface area contributed by atoms with E-state index in [1.165, 1.54) is 6.07 Å². The van der Waals surface area contributed by atoms with Gasteiger partial charge < -0.3 is 15.4 Å². The maximum atomic E-state index is 11.9. The van der Waals surface area contributed by atoms with Crippen molar-refractivity contribution >= 4 is 52.4 Å². The van der Waals surface area contributed by atoms with Gasteiger partial charge in [-0.25, -0.2) is 0 Å². The van der Waals surface area contributed by atoms with Crippen molar-refractivity contribution in [2.75, 3.05) is 17.2 Å². The van der Waals surface area contributed by atoms with Crippen LogP contribution in [0.15, 0.2) is 36.4 Å². The Kier molecular flexibility index (Phi) is 7.84. The Hall–Kier alpha value is -2.57. The Morgan fingerprint density at radius 1 is 0.929 bits per heavy atom. The van der Waals surface area contributed by atoms with Crippen LogP contribution >= 0.6 is 23.2 Å². The molecular formula is C20H20Cl2N2O4.